The number of nitrogens with zero attached hydrogens (tertiary/aromatic N) is 1. The summed E-state index contributed by atoms with van der Waals surface area (Å²) in [5.41, 5.74) is 1.23. The number of carbonyl (C=O) groups excluding carboxylic acids is 1. The van der Waals surface area contributed by atoms with Crippen LogP contribution in [0.3, 0.4) is 0 Å². The van der Waals surface area contributed by atoms with Crippen molar-refractivity contribution >= 4 is 23.3 Å². The van der Waals surface area contributed by atoms with Gasteiger partial charge in [0.05, 0.1) is 12.0 Å². The van der Waals surface area contributed by atoms with Crippen molar-refractivity contribution in [2.24, 2.45) is 5.92 Å². The van der Waals surface area contributed by atoms with Gasteiger partial charge in [-0.15, -0.1) is 11.3 Å². The monoisotopic (exact) mass is 296 g/mol. The van der Waals surface area contributed by atoms with Gasteiger partial charge in [-0.05, 0) is 36.8 Å². The number of carbonyl (C=O) groups is 2. The van der Waals surface area contributed by atoms with Gasteiger partial charge in [0.1, 0.15) is 0 Å². The van der Waals surface area contributed by atoms with Crippen LogP contribution in [0.5, 0.6) is 0 Å². The van der Waals surface area contributed by atoms with Crippen molar-refractivity contribution in [3.8, 4) is 0 Å². The Bertz CT molecular complexity index is 500. The van der Waals surface area contributed by atoms with Crippen molar-refractivity contribution in [2.75, 3.05) is 13.1 Å². The third-order valence-corrected chi connectivity index (χ3v) is 4.81. The Morgan fingerprint density at radius 2 is 2.35 bits per heavy atom. The Hall–Kier alpha value is -1.56. The normalized spacial score (nSPS) is 19.3. The van der Waals surface area contributed by atoms with Crippen LogP contribution in [0.4, 0.5) is 4.79 Å². The van der Waals surface area contributed by atoms with Crippen LogP contribution in [0, 0.1) is 5.92 Å². The Morgan fingerprint density at radius 3 is 3.05 bits per heavy atom. The molecule has 2 unspecified atom stereocenters. The largest absolute Gasteiger partial charge is 0.481 e. The smallest absolute Gasteiger partial charge is 0.317 e. The summed E-state index contributed by atoms with van der Waals surface area (Å²) < 4.78 is 0. The number of hydrogen-bond acceptors (Lipinski definition) is 3. The van der Waals surface area contributed by atoms with Gasteiger partial charge < -0.3 is 15.3 Å². The number of amides is 2. The van der Waals surface area contributed by atoms with Crippen LogP contribution in [-0.2, 0) is 11.2 Å². The molecule has 2 heterocycles. The second kappa shape index (κ2) is 6.26. The van der Waals surface area contributed by atoms with E-state index in [0.717, 1.165) is 13.0 Å². The molecule has 0 radical (unpaired) electrons. The highest BCUT2D eigenvalue weighted by atomic mass is 32.1. The van der Waals surface area contributed by atoms with Crippen molar-refractivity contribution in [1.29, 1.82) is 0 Å². The van der Waals surface area contributed by atoms with Gasteiger partial charge in [-0.2, -0.15) is 0 Å². The maximum atomic E-state index is 12.2. The first-order valence-electron chi connectivity index (χ1n) is 6.84. The molecule has 0 bridgehead atoms. The maximum Gasteiger partial charge on any atom is 0.317 e. The molecule has 1 aliphatic heterocycles. The number of aliphatic carboxylic acids is 1. The molecule has 2 amide bonds. The molecule has 0 saturated carbocycles. The predicted molar refractivity (Wildman–Crippen MR) is 78.0 cm³/mol. The molecule has 5 nitrogen and oxygen atoms in total. The molecule has 0 saturated heterocycles. The molecule has 0 spiro atoms. The zero-order chi connectivity index (χ0) is 14.7. The number of nitrogens with one attached hydrogen (secondary N) is 1. The Balaban J connectivity index is 1.86. The predicted octanol–water partition coefficient (Wildman–Crippen LogP) is 2.49. The molecule has 1 aromatic heterocycles. The lowest BCUT2D eigenvalue weighted by atomic mass is 10.0. The average molecular weight is 296 g/mol. The second-order valence-corrected chi connectivity index (χ2v) is 6.18. The van der Waals surface area contributed by atoms with Crippen molar-refractivity contribution in [2.45, 2.75) is 32.7 Å². The maximum absolute atomic E-state index is 12.2. The molecule has 6 heteroatoms. The summed E-state index contributed by atoms with van der Waals surface area (Å²) in [5, 5.41) is 13.7. The average Bonchev–Trinajstić information content (AvgIpc) is 2.87. The highest BCUT2D eigenvalue weighted by Gasteiger charge is 2.28. The van der Waals surface area contributed by atoms with Crippen LogP contribution in [0.1, 0.15) is 36.8 Å². The summed E-state index contributed by atoms with van der Waals surface area (Å²) in [6.07, 6.45) is 1.35. The van der Waals surface area contributed by atoms with Crippen LogP contribution in [0.15, 0.2) is 11.4 Å². The number of thiophene rings is 1. The highest BCUT2D eigenvalue weighted by Crippen LogP contribution is 2.32. The molecule has 20 heavy (non-hydrogen) atoms. The van der Waals surface area contributed by atoms with E-state index in [1.807, 2.05) is 11.8 Å². The number of urea groups is 1. The Kier molecular flexibility index (Phi) is 4.65. The number of rotatable bonds is 4. The molecule has 0 aliphatic carbocycles. The summed E-state index contributed by atoms with van der Waals surface area (Å²) in [4.78, 5) is 26.1. The fourth-order valence-corrected chi connectivity index (χ4v) is 3.37. The fourth-order valence-electron chi connectivity index (χ4n) is 2.41. The molecule has 0 aromatic carbocycles. The molecule has 1 aromatic rings. The summed E-state index contributed by atoms with van der Waals surface area (Å²) in [6, 6.07) is 2.06. The lowest BCUT2D eigenvalue weighted by Gasteiger charge is -2.33. The molecule has 2 rings (SSSR count). The summed E-state index contributed by atoms with van der Waals surface area (Å²) in [6.45, 7) is 4.79. The highest BCUT2D eigenvalue weighted by molar-refractivity contribution is 7.10. The van der Waals surface area contributed by atoms with Crippen molar-refractivity contribution in [3.05, 3.63) is 21.9 Å². The van der Waals surface area contributed by atoms with E-state index in [4.69, 9.17) is 5.11 Å². The minimum Gasteiger partial charge on any atom is -0.481 e. The molecule has 2 N–H and O–H groups in total. The van der Waals surface area contributed by atoms with Gasteiger partial charge in [0.2, 0.25) is 0 Å². The third kappa shape index (κ3) is 3.12. The first-order chi connectivity index (χ1) is 9.50. The molecule has 1 aliphatic rings. The van der Waals surface area contributed by atoms with Gasteiger partial charge in [0, 0.05) is 18.0 Å². The van der Waals surface area contributed by atoms with Crippen molar-refractivity contribution in [1.82, 2.24) is 10.2 Å². The number of fused-ring (bicyclic) bond motifs is 1. The van der Waals surface area contributed by atoms with E-state index in [1.54, 1.807) is 18.3 Å². The Labute approximate surface area is 122 Å². The fraction of sp³-hybridized carbons (Fsp3) is 0.571. The van der Waals surface area contributed by atoms with E-state index in [1.165, 1.54) is 10.4 Å². The van der Waals surface area contributed by atoms with Gasteiger partial charge in [0.25, 0.3) is 0 Å². The van der Waals surface area contributed by atoms with E-state index in [2.05, 4.69) is 16.8 Å². The molecular formula is C14H20N2O3S. The van der Waals surface area contributed by atoms with Crippen molar-refractivity contribution < 1.29 is 14.7 Å². The zero-order valence-corrected chi connectivity index (χ0v) is 12.6. The van der Waals surface area contributed by atoms with Gasteiger partial charge in [0.15, 0.2) is 0 Å². The third-order valence-electron chi connectivity index (χ3n) is 3.81. The van der Waals surface area contributed by atoms with Gasteiger partial charge in [-0.3, -0.25) is 4.79 Å². The van der Waals surface area contributed by atoms with Crippen LogP contribution in [0.2, 0.25) is 0 Å². The van der Waals surface area contributed by atoms with Gasteiger partial charge in [-0.1, -0.05) is 6.92 Å². The molecule has 2 atom stereocenters. The van der Waals surface area contributed by atoms with E-state index >= 15 is 0 Å². The van der Waals surface area contributed by atoms with E-state index < -0.39 is 11.9 Å². The lowest BCUT2D eigenvalue weighted by Crippen LogP contribution is -2.45. The minimum atomic E-state index is -0.825. The first kappa shape index (κ1) is 14.8. The quantitative estimate of drug-likeness (QED) is 0.897. The van der Waals surface area contributed by atoms with Crippen LogP contribution in [-0.4, -0.2) is 35.1 Å². The standard InChI is InChI=1S/C14H20N2O3S/c1-9(13(17)18)3-6-15-14(19)16-7-4-12-11(10(16)2)5-8-20-12/h5,8-10H,3-4,6-7H2,1-2H3,(H,15,19)(H,17,18). The van der Waals surface area contributed by atoms with Gasteiger partial charge >= 0.3 is 12.0 Å². The molecule has 110 valence electrons. The summed E-state index contributed by atoms with van der Waals surface area (Å²) in [7, 11) is 0. The van der Waals surface area contributed by atoms with Crippen LogP contribution >= 0.6 is 11.3 Å². The molecule has 0 fully saturated rings. The summed E-state index contributed by atoms with van der Waals surface area (Å²) in [5.74, 6) is -1.26. The van der Waals surface area contributed by atoms with E-state index in [0.29, 0.717) is 13.0 Å². The number of hydrogen-bond donors (Lipinski definition) is 2. The van der Waals surface area contributed by atoms with E-state index in [-0.39, 0.29) is 12.1 Å². The van der Waals surface area contributed by atoms with Crippen LogP contribution in [0.25, 0.3) is 0 Å². The molecular weight excluding hydrogens is 276 g/mol. The van der Waals surface area contributed by atoms with Crippen molar-refractivity contribution in [3.63, 3.8) is 0 Å². The topological polar surface area (TPSA) is 69.6 Å². The minimum absolute atomic E-state index is 0.0851. The first-order valence-corrected chi connectivity index (χ1v) is 7.72. The van der Waals surface area contributed by atoms with E-state index in [9.17, 15) is 9.59 Å². The number of carboxylic acid groups (broad SMARTS) is 1. The van der Waals surface area contributed by atoms with Gasteiger partial charge in [-0.25, -0.2) is 4.79 Å². The lowest BCUT2D eigenvalue weighted by molar-refractivity contribution is -0.141. The zero-order valence-electron chi connectivity index (χ0n) is 11.8. The summed E-state index contributed by atoms with van der Waals surface area (Å²) >= 11 is 1.74. The van der Waals surface area contributed by atoms with Crippen LogP contribution < -0.4 is 5.32 Å². The number of carboxylic acids is 1. The Morgan fingerprint density at radius 1 is 1.60 bits per heavy atom. The second-order valence-electron chi connectivity index (χ2n) is 5.18. The SMILES string of the molecule is CC(CCNC(=O)N1CCc2sccc2C1C)C(=O)O.